The van der Waals surface area contributed by atoms with Gasteiger partial charge in [0.1, 0.15) is 0 Å². The number of carbonyl (C=O) groups is 2. The van der Waals surface area contributed by atoms with Gasteiger partial charge in [-0.2, -0.15) is 0 Å². The van der Waals surface area contributed by atoms with Crippen LogP contribution in [0.3, 0.4) is 0 Å². The lowest BCUT2D eigenvalue weighted by atomic mass is 10.2. The van der Waals surface area contributed by atoms with Crippen LogP contribution in [-0.2, 0) is 17.7 Å². The molecule has 1 aromatic rings. The van der Waals surface area contributed by atoms with Crippen LogP contribution in [0.5, 0.6) is 0 Å². The summed E-state index contributed by atoms with van der Waals surface area (Å²) in [5.41, 5.74) is 1.03. The SMILES string of the molecule is CCCc1c(C(=O)OC)nnn1CCN1CCNC1=O. The normalized spacial score (nSPS) is 14.5. The lowest BCUT2D eigenvalue weighted by Crippen LogP contribution is -2.31. The molecule has 1 saturated heterocycles. The Labute approximate surface area is 117 Å². The van der Waals surface area contributed by atoms with Crippen LogP contribution >= 0.6 is 0 Å². The van der Waals surface area contributed by atoms with Crippen molar-refractivity contribution in [3.63, 3.8) is 0 Å². The Morgan fingerprint density at radius 1 is 1.45 bits per heavy atom. The molecule has 8 heteroatoms. The van der Waals surface area contributed by atoms with E-state index in [4.69, 9.17) is 4.74 Å². The largest absolute Gasteiger partial charge is 0.464 e. The zero-order valence-corrected chi connectivity index (χ0v) is 11.8. The van der Waals surface area contributed by atoms with Gasteiger partial charge in [0.05, 0.1) is 19.3 Å². The minimum atomic E-state index is -0.474. The lowest BCUT2D eigenvalue weighted by molar-refractivity contribution is 0.0592. The van der Waals surface area contributed by atoms with Gasteiger partial charge in [-0.3, -0.25) is 0 Å². The van der Waals surface area contributed by atoms with Crippen molar-refractivity contribution in [2.24, 2.45) is 0 Å². The fraction of sp³-hybridized carbons (Fsp3) is 0.667. The van der Waals surface area contributed by atoms with Gasteiger partial charge in [-0.25, -0.2) is 14.3 Å². The first kappa shape index (κ1) is 14.3. The lowest BCUT2D eigenvalue weighted by Gasteiger charge is -2.14. The van der Waals surface area contributed by atoms with Crippen LogP contribution in [0.4, 0.5) is 4.79 Å². The van der Waals surface area contributed by atoms with E-state index in [-0.39, 0.29) is 11.7 Å². The quantitative estimate of drug-likeness (QED) is 0.744. The van der Waals surface area contributed by atoms with E-state index in [1.54, 1.807) is 9.58 Å². The molecule has 1 N–H and O–H groups in total. The highest BCUT2D eigenvalue weighted by Gasteiger charge is 2.22. The Bertz CT molecular complexity index is 499. The fourth-order valence-corrected chi connectivity index (χ4v) is 2.19. The molecule has 8 nitrogen and oxygen atoms in total. The molecule has 0 atom stereocenters. The molecular weight excluding hydrogens is 262 g/mol. The highest BCUT2D eigenvalue weighted by molar-refractivity contribution is 5.88. The van der Waals surface area contributed by atoms with Crippen molar-refractivity contribution in [2.75, 3.05) is 26.7 Å². The van der Waals surface area contributed by atoms with Crippen LogP contribution in [0.1, 0.15) is 29.5 Å². The second-order valence-corrected chi connectivity index (χ2v) is 4.57. The van der Waals surface area contributed by atoms with Gasteiger partial charge < -0.3 is 15.0 Å². The van der Waals surface area contributed by atoms with Crippen molar-refractivity contribution in [3.05, 3.63) is 11.4 Å². The molecule has 0 spiro atoms. The van der Waals surface area contributed by atoms with Crippen molar-refractivity contribution in [2.45, 2.75) is 26.3 Å². The zero-order valence-electron chi connectivity index (χ0n) is 11.8. The third-order valence-electron chi connectivity index (χ3n) is 3.23. The topological polar surface area (TPSA) is 89.3 Å². The molecule has 110 valence electrons. The summed E-state index contributed by atoms with van der Waals surface area (Å²) in [5.74, 6) is -0.474. The standard InChI is InChI=1S/C12H19N5O3/c1-3-4-9-10(11(18)20-2)14-15-17(9)8-7-16-6-5-13-12(16)19/h3-8H2,1-2H3,(H,13,19). The maximum atomic E-state index is 11.6. The number of rotatable bonds is 6. The zero-order chi connectivity index (χ0) is 14.5. The highest BCUT2D eigenvalue weighted by Crippen LogP contribution is 2.10. The van der Waals surface area contributed by atoms with Gasteiger partial charge in [0.25, 0.3) is 0 Å². The summed E-state index contributed by atoms with van der Waals surface area (Å²) >= 11 is 0. The maximum Gasteiger partial charge on any atom is 0.360 e. The molecule has 1 aromatic heterocycles. The van der Waals surface area contributed by atoms with E-state index in [1.807, 2.05) is 6.92 Å². The number of carbonyl (C=O) groups excluding carboxylic acids is 2. The summed E-state index contributed by atoms with van der Waals surface area (Å²) in [4.78, 5) is 24.8. The first-order valence-electron chi connectivity index (χ1n) is 6.70. The summed E-state index contributed by atoms with van der Waals surface area (Å²) in [6, 6.07) is -0.0599. The van der Waals surface area contributed by atoms with Gasteiger partial charge in [-0.15, -0.1) is 5.10 Å². The van der Waals surface area contributed by atoms with E-state index in [2.05, 4.69) is 15.6 Å². The van der Waals surface area contributed by atoms with E-state index in [1.165, 1.54) is 7.11 Å². The molecule has 1 aliphatic rings. The minimum absolute atomic E-state index is 0.0599. The monoisotopic (exact) mass is 281 g/mol. The number of hydrogen-bond donors (Lipinski definition) is 1. The predicted octanol–water partition coefficient (Wildman–Crippen LogP) is 0.0424. The van der Waals surface area contributed by atoms with Crippen molar-refractivity contribution in [1.29, 1.82) is 0 Å². The van der Waals surface area contributed by atoms with Gasteiger partial charge >= 0.3 is 12.0 Å². The van der Waals surface area contributed by atoms with Crippen molar-refractivity contribution in [1.82, 2.24) is 25.2 Å². The minimum Gasteiger partial charge on any atom is -0.464 e. The Morgan fingerprint density at radius 3 is 2.85 bits per heavy atom. The molecule has 2 amide bonds. The summed E-state index contributed by atoms with van der Waals surface area (Å²) in [5, 5.41) is 10.6. The van der Waals surface area contributed by atoms with Crippen LogP contribution in [0.25, 0.3) is 0 Å². The molecule has 0 aliphatic carbocycles. The molecule has 2 heterocycles. The van der Waals surface area contributed by atoms with Gasteiger partial charge in [0.15, 0.2) is 5.69 Å². The Hall–Kier alpha value is -2.12. The molecular formula is C12H19N5O3. The first-order chi connectivity index (χ1) is 9.67. The fourth-order valence-electron chi connectivity index (χ4n) is 2.19. The number of ether oxygens (including phenoxy) is 1. The molecule has 2 rings (SSSR count). The van der Waals surface area contributed by atoms with E-state index in [9.17, 15) is 9.59 Å². The number of hydrogen-bond acceptors (Lipinski definition) is 5. The van der Waals surface area contributed by atoms with Crippen molar-refractivity contribution >= 4 is 12.0 Å². The highest BCUT2D eigenvalue weighted by atomic mass is 16.5. The predicted molar refractivity (Wildman–Crippen MR) is 70.3 cm³/mol. The maximum absolute atomic E-state index is 11.6. The van der Waals surface area contributed by atoms with Crippen molar-refractivity contribution in [3.8, 4) is 0 Å². The van der Waals surface area contributed by atoms with Gasteiger partial charge in [-0.1, -0.05) is 18.6 Å². The van der Waals surface area contributed by atoms with Crippen LogP contribution in [0.15, 0.2) is 0 Å². The average Bonchev–Trinajstić information content (AvgIpc) is 3.03. The number of amides is 2. The molecule has 0 radical (unpaired) electrons. The van der Waals surface area contributed by atoms with E-state index < -0.39 is 5.97 Å². The first-order valence-corrected chi connectivity index (χ1v) is 6.70. The number of nitrogens with zero attached hydrogens (tertiary/aromatic N) is 4. The number of methoxy groups -OCH3 is 1. The van der Waals surface area contributed by atoms with Crippen LogP contribution in [-0.4, -0.2) is 58.6 Å². The second-order valence-electron chi connectivity index (χ2n) is 4.57. The third kappa shape index (κ3) is 2.89. The number of aromatic nitrogens is 3. The van der Waals surface area contributed by atoms with Crippen molar-refractivity contribution < 1.29 is 14.3 Å². The van der Waals surface area contributed by atoms with Crippen LogP contribution < -0.4 is 5.32 Å². The summed E-state index contributed by atoms with van der Waals surface area (Å²) in [6.45, 7) is 4.46. The summed E-state index contributed by atoms with van der Waals surface area (Å²) in [6.07, 6.45) is 1.57. The van der Waals surface area contributed by atoms with Gasteiger partial charge in [-0.05, 0) is 6.42 Å². The number of urea groups is 1. The average molecular weight is 281 g/mol. The second kappa shape index (κ2) is 6.36. The molecule has 0 saturated carbocycles. The van der Waals surface area contributed by atoms with Gasteiger partial charge in [0.2, 0.25) is 0 Å². The molecule has 1 fully saturated rings. The third-order valence-corrected chi connectivity index (χ3v) is 3.23. The number of nitrogens with one attached hydrogen (secondary N) is 1. The van der Waals surface area contributed by atoms with Crippen LogP contribution in [0.2, 0.25) is 0 Å². The smallest absolute Gasteiger partial charge is 0.360 e. The molecule has 20 heavy (non-hydrogen) atoms. The van der Waals surface area contributed by atoms with E-state index in [0.29, 0.717) is 32.6 Å². The Balaban J connectivity index is 2.08. The Morgan fingerprint density at radius 2 is 2.25 bits per heavy atom. The Kier molecular flexibility index (Phi) is 4.54. The van der Waals surface area contributed by atoms with E-state index in [0.717, 1.165) is 12.1 Å². The van der Waals surface area contributed by atoms with Crippen LogP contribution in [0, 0.1) is 0 Å². The molecule has 1 aliphatic heterocycles. The number of esters is 1. The summed E-state index contributed by atoms with van der Waals surface area (Å²) in [7, 11) is 1.33. The van der Waals surface area contributed by atoms with Gasteiger partial charge in [0, 0.05) is 19.6 Å². The molecule has 0 aromatic carbocycles. The van der Waals surface area contributed by atoms with E-state index >= 15 is 0 Å². The molecule has 0 bridgehead atoms. The summed E-state index contributed by atoms with van der Waals surface area (Å²) < 4.78 is 6.38. The molecule has 0 unspecified atom stereocenters.